The summed E-state index contributed by atoms with van der Waals surface area (Å²) in [7, 11) is 0. The molecule has 0 aliphatic rings. The van der Waals surface area contributed by atoms with Gasteiger partial charge in [-0.15, -0.1) is 0 Å². The Hall–Kier alpha value is -2.62. The van der Waals surface area contributed by atoms with Crippen LogP contribution >= 0.6 is 0 Å². The quantitative estimate of drug-likeness (QED) is 0.779. The predicted octanol–water partition coefficient (Wildman–Crippen LogP) is 4.29. The second-order valence-corrected chi connectivity index (χ2v) is 4.80. The zero-order valence-electron chi connectivity index (χ0n) is 11.6. The first-order valence-electron chi connectivity index (χ1n) is 6.80. The van der Waals surface area contributed by atoms with E-state index in [1.54, 1.807) is 18.2 Å². The molecule has 0 saturated carbocycles. The lowest BCUT2D eigenvalue weighted by atomic mass is 10.00. The molecule has 0 aliphatic heterocycles. The Morgan fingerprint density at radius 2 is 1.81 bits per heavy atom. The number of aromatic nitrogens is 1. The van der Waals surface area contributed by atoms with Crippen LogP contribution in [0.1, 0.15) is 12.5 Å². The molecule has 0 atom stereocenters. The normalized spacial score (nSPS) is 10.8. The van der Waals surface area contributed by atoms with Crippen molar-refractivity contribution in [1.82, 2.24) is 5.16 Å². The van der Waals surface area contributed by atoms with E-state index < -0.39 is 0 Å². The second kappa shape index (κ2) is 5.40. The summed E-state index contributed by atoms with van der Waals surface area (Å²) in [6.45, 7) is 2.09. The molecular weight excluding hydrogens is 267 g/mol. The first kappa shape index (κ1) is 13.4. The number of benzene rings is 2. The van der Waals surface area contributed by atoms with Gasteiger partial charge in [0.1, 0.15) is 5.82 Å². The summed E-state index contributed by atoms with van der Waals surface area (Å²) < 4.78 is 19.3. The molecule has 4 heteroatoms. The molecule has 106 valence electrons. The van der Waals surface area contributed by atoms with Gasteiger partial charge in [-0.25, -0.2) is 4.39 Å². The fraction of sp³-hybridized carbons (Fsp3) is 0.118. The number of hydrogen-bond donors (Lipinski definition) is 1. The van der Waals surface area contributed by atoms with Crippen LogP contribution in [0.25, 0.3) is 22.5 Å². The van der Waals surface area contributed by atoms with Crippen LogP contribution in [-0.2, 0) is 6.42 Å². The Bertz CT molecular complexity index is 763. The summed E-state index contributed by atoms with van der Waals surface area (Å²) in [5, 5.41) is 3.79. The molecule has 0 radical (unpaired) electrons. The number of rotatable bonds is 3. The number of halogens is 1. The predicted molar refractivity (Wildman–Crippen MR) is 81.1 cm³/mol. The van der Waals surface area contributed by atoms with Gasteiger partial charge >= 0.3 is 0 Å². The molecule has 0 unspecified atom stereocenters. The first-order valence-corrected chi connectivity index (χ1v) is 6.80. The number of nitrogen functional groups attached to an aromatic ring is 1. The van der Waals surface area contributed by atoms with Crippen molar-refractivity contribution in [1.29, 1.82) is 0 Å². The Kier molecular flexibility index (Phi) is 3.44. The smallest absolute Gasteiger partial charge is 0.177 e. The maximum atomic E-state index is 14.0. The molecule has 2 aromatic carbocycles. The lowest BCUT2D eigenvalue weighted by molar-refractivity contribution is 0.436. The fourth-order valence-corrected chi connectivity index (χ4v) is 2.32. The fourth-order valence-electron chi connectivity index (χ4n) is 2.32. The van der Waals surface area contributed by atoms with Crippen LogP contribution in [0.3, 0.4) is 0 Å². The van der Waals surface area contributed by atoms with Crippen LogP contribution < -0.4 is 5.73 Å². The van der Waals surface area contributed by atoms with E-state index in [1.807, 2.05) is 24.3 Å². The average molecular weight is 282 g/mol. The highest BCUT2D eigenvalue weighted by atomic mass is 19.1. The van der Waals surface area contributed by atoms with Gasteiger partial charge in [0.2, 0.25) is 0 Å². The molecule has 0 fully saturated rings. The lowest BCUT2D eigenvalue weighted by Gasteiger charge is -2.05. The molecule has 1 heterocycles. The van der Waals surface area contributed by atoms with Gasteiger partial charge in [-0.3, -0.25) is 0 Å². The third-order valence-corrected chi connectivity index (χ3v) is 3.49. The molecule has 3 aromatic rings. The van der Waals surface area contributed by atoms with Crippen molar-refractivity contribution in [3.05, 3.63) is 59.9 Å². The van der Waals surface area contributed by atoms with E-state index >= 15 is 0 Å². The molecule has 0 bridgehead atoms. The van der Waals surface area contributed by atoms with Gasteiger partial charge in [-0.2, -0.15) is 0 Å². The molecule has 21 heavy (non-hydrogen) atoms. The average Bonchev–Trinajstić information content (AvgIpc) is 2.89. The van der Waals surface area contributed by atoms with Crippen molar-refractivity contribution in [2.75, 3.05) is 5.73 Å². The van der Waals surface area contributed by atoms with Crippen molar-refractivity contribution in [3.63, 3.8) is 0 Å². The number of hydrogen-bond acceptors (Lipinski definition) is 3. The first-order chi connectivity index (χ1) is 10.2. The molecule has 0 amide bonds. The summed E-state index contributed by atoms with van der Waals surface area (Å²) in [5.41, 5.74) is 8.81. The molecule has 2 N–H and O–H groups in total. The molecule has 0 aliphatic carbocycles. The minimum absolute atomic E-state index is 0.190. The summed E-state index contributed by atoms with van der Waals surface area (Å²) in [5.74, 6) is 0.328. The highest BCUT2D eigenvalue weighted by Crippen LogP contribution is 2.37. The zero-order chi connectivity index (χ0) is 14.8. The SMILES string of the molecule is CCc1ccc(-c2onc(N)c2-c2ccccc2F)cc1. The van der Waals surface area contributed by atoms with Crippen LogP contribution in [0.15, 0.2) is 53.1 Å². The van der Waals surface area contributed by atoms with Crippen LogP contribution in [0.2, 0.25) is 0 Å². The van der Waals surface area contributed by atoms with E-state index in [0.717, 1.165) is 12.0 Å². The molecule has 1 aromatic heterocycles. The third-order valence-electron chi connectivity index (χ3n) is 3.49. The van der Waals surface area contributed by atoms with E-state index in [0.29, 0.717) is 16.9 Å². The van der Waals surface area contributed by atoms with E-state index in [4.69, 9.17) is 10.3 Å². The Balaban J connectivity index is 2.15. The Morgan fingerprint density at radius 1 is 1.10 bits per heavy atom. The van der Waals surface area contributed by atoms with E-state index in [-0.39, 0.29) is 11.6 Å². The van der Waals surface area contributed by atoms with Gasteiger partial charge in [0.05, 0.1) is 5.56 Å². The zero-order valence-corrected chi connectivity index (χ0v) is 11.6. The van der Waals surface area contributed by atoms with Crippen LogP contribution in [-0.4, -0.2) is 5.16 Å². The Labute approximate surface area is 122 Å². The van der Waals surface area contributed by atoms with Crippen molar-refractivity contribution >= 4 is 5.82 Å². The van der Waals surface area contributed by atoms with Gasteiger partial charge < -0.3 is 10.3 Å². The van der Waals surface area contributed by atoms with Crippen molar-refractivity contribution in [2.45, 2.75) is 13.3 Å². The number of anilines is 1. The minimum atomic E-state index is -0.348. The van der Waals surface area contributed by atoms with Gasteiger partial charge in [-0.1, -0.05) is 54.5 Å². The number of nitrogens with two attached hydrogens (primary N) is 1. The molecular formula is C17H15FN2O. The maximum absolute atomic E-state index is 14.0. The maximum Gasteiger partial charge on any atom is 0.177 e. The lowest BCUT2D eigenvalue weighted by Crippen LogP contribution is -1.91. The molecule has 0 spiro atoms. The van der Waals surface area contributed by atoms with Crippen molar-refractivity contribution in [3.8, 4) is 22.5 Å². The van der Waals surface area contributed by atoms with Gasteiger partial charge in [0.15, 0.2) is 11.6 Å². The number of aryl methyl sites for hydroxylation is 1. The van der Waals surface area contributed by atoms with Gasteiger partial charge in [0.25, 0.3) is 0 Å². The van der Waals surface area contributed by atoms with E-state index in [9.17, 15) is 4.39 Å². The van der Waals surface area contributed by atoms with Crippen LogP contribution in [0.5, 0.6) is 0 Å². The summed E-state index contributed by atoms with van der Waals surface area (Å²) >= 11 is 0. The highest BCUT2D eigenvalue weighted by Gasteiger charge is 2.19. The topological polar surface area (TPSA) is 52.0 Å². The number of nitrogens with zero attached hydrogens (tertiary/aromatic N) is 1. The van der Waals surface area contributed by atoms with Crippen molar-refractivity contribution in [2.24, 2.45) is 0 Å². The van der Waals surface area contributed by atoms with Crippen LogP contribution in [0, 0.1) is 5.82 Å². The Morgan fingerprint density at radius 3 is 2.48 bits per heavy atom. The van der Waals surface area contributed by atoms with Crippen LogP contribution in [0.4, 0.5) is 10.2 Å². The van der Waals surface area contributed by atoms with Gasteiger partial charge in [-0.05, 0) is 18.1 Å². The molecule has 3 nitrogen and oxygen atoms in total. The van der Waals surface area contributed by atoms with Gasteiger partial charge in [0, 0.05) is 11.1 Å². The third kappa shape index (κ3) is 2.40. The van der Waals surface area contributed by atoms with E-state index in [2.05, 4.69) is 12.1 Å². The summed E-state index contributed by atoms with van der Waals surface area (Å²) in [6, 6.07) is 14.4. The largest absolute Gasteiger partial charge is 0.380 e. The summed E-state index contributed by atoms with van der Waals surface area (Å²) in [4.78, 5) is 0. The monoisotopic (exact) mass is 282 g/mol. The van der Waals surface area contributed by atoms with Crippen molar-refractivity contribution < 1.29 is 8.91 Å². The minimum Gasteiger partial charge on any atom is -0.380 e. The highest BCUT2D eigenvalue weighted by molar-refractivity contribution is 5.86. The standard InChI is InChI=1S/C17H15FN2O/c1-2-11-7-9-12(10-8-11)16-15(17(19)20-21-16)13-5-3-4-6-14(13)18/h3-10H,2H2,1H3,(H2,19,20). The van der Waals surface area contributed by atoms with E-state index in [1.165, 1.54) is 11.6 Å². The molecule has 0 saturated heterocycles. The summed E-state index contributed by atoms with van der Waals surface area (Å²) in [6.07, 6.45) is 0.957. The molecule has 3 rings (SSSR count). The second-order valence-electron chi connectivity index (χ2n) is 4.80.